The Morgan fingerprint density at radius 1 is 1.08 bits per heavy atom. The first-order chi connectivity index (χ1) is 12.4. The van der Waals surface area contributed by atoms with Crippen LogP contribution in [0.1, 0.15) is 15.9 Å². The lowest BCUT2D eigenvalue weighted by molar-refractivity contribution is -0.115. The molecule has 0 atom stereocenters. The van der Waals surface area contributed by atoms with E-state index in [1.807, 2.05) is 12.1 Å². The molecule has 0 aliphatic heterocycles. The van der Waals surface area contributed by atoms with Crippen LogP contribution in [0.15, 0.2) is 54.6 Å². The molecule has 0 spiro atoms. The molecule has 2 aromatic rings. The maximum absolute atomic E-state index is 12.2. The Bertz CT molecular complexity index is 865. The Labute approximate surface area is 162 Å². The van der Waals surface area contributed by atoms with Gasteiger partial charge >= 0.3 is 0 Å². The van der Waals surface area contributed by atoms with Crippen molar-refractivity contribution in [3.8, 4) is 0 Å². The van der Waals surface area contributed by atoms with Gasteiger partial charge in [0, 0.05) is 25.2 Å². The summed E-state index contributed by atoms with van der Waals surface area (Å²) in [4.78, 5) is 25.7. The first kappa shape index (κ1) is 19.6. The van der Waals surface area contributed by atoms with E-state index < -0.39 is 5.91 Å². The zero-order chi connectivity index (χ0) is 19.1. The van der Waals surface area contributed by atoms with E-state index in [4.69, 9.17) is 23.8 Å². The fraction of sp³-hybridized carbons (Fsp3) is 0.105. The summed E-state index contributed by atoms with van der Waals surface area (Å²) in [6.45, 7) is 0. The minimum absolute atomic E-state index is 0.0952. The first-order valence-corrected chi connectivity index (χ1v) is 8.52. The lowest BCUT2D eigenvalue weighted by Gasteiger charge is -2.15. The number of rotatable bonds is 4. The minimum atomic E-state index is -0.404. The molecule has 0 saturated heterocycles. The van der Waals surface area contributed by atoms with Crippen LogP contribution in [0.5, 0.6) is 0 Å². The highest BCUT2D eigenvalue weighted by Crippen LogP contribution is 2.17. The summed E-state index contributed by atoms with van der Waals surface area (Å²) in [5.74, 6) is -0.570. The van der Waals surface area contributed by atoms with Crippen LogP contribution in [0, 0.1) is 0 Å². The van der Waals surface area contributed by atoms with Gasteiger partial charge in [-0.2, -0.15) is 0 Å². The number of nitrogens with one attached hydrogen (secondary N) is 2. The molecule has 0 unspecified atom stereocenters. The number of amides is 2. The topological polar surface area (TPSA) is 61.4 Å². The molecule has 134 valence electrons. The molecule has 0 aliphatic rings. The van der Waals surface area contributed by atoms with Gasteiger partial charge in [-0.1, -0.05) is 41.9 Å². The lowest BCUT2D eigenvalue weighted by atomic mass is 10.1. The Morgan fingerprint density at radius 2 is 1.73 bits per heavy atom. The van der Waals surface area contributed by atoms with Crippen molar-refractivity contribution in [2.45, 2.75) is 0 Å². The zero-order valence-electron chi connectivity index (χ0n) is 14.3. The van der Waals surface area contributed by atoms with Crippen LogP contribution in [0.3, 0.4) is 0 Å². The fourth-order valence-corrected chi connectivity index (χ4v) is 2.51. The largest absolute Gasteiger partial charge is 0.345 e. The van der Waals surface area contributed by atoms with Crippen LogP contribution < -0.4 is 10.6 Å². The number of carbonyl (C=O) groups excluding carboxylic acids is 2. The van der Waals surface area contributed by atoms with E-state index in [1.54, 1.807) is 56.6 Å². The number of para-hydroxylation sites is 1. The SMILES string of the molecule is CN(C)C(=O)c1ccccc1NC(=S)NC(=O)C=Cc1ccccc1Cl. The van der Waals surface area contributed by atoms with Crippen molar-refractivity contribution in [2.75, 3.05) is 19.4 Å². The number of benzene rings is 2. The molecule has 0 fully saturated rings. The summed E-state index contributed by atoms with van der Waals surface area (Å²) in [5, 5.41) is 6.06. The zero-order valence-corrected chi connectivity index (χ0v) is 15.9. The van der Waals surface area contributed by atoms with E-state index in [9.17, 15) is 9.59 Å². The van der Waals surface area contributed by atoms with Crippen molar-refractivity contribution in [3.05, 3.63) is 70.8 Å². The van der Waals surface area contributed by atoms with Gasteiger partial charge in [-0.25, -0.2) is 0 Å². The number of anilines is 1. The molecular formula is C19H18ClN3O2S. The van der Waals surface area contributed by atoms with Gasteiger partial charge in [0.1, 0.15) is 0 Å². The van der Waals surface area contributed by atoms with Crippen molar-refractivity contribution in [1.82, 2.24) is 10.2 Å². The van der Waals surface area contributed by atoms with Crippen LogP contribution in [-0.4, -0.2) is 35.9 Å². The second-order valence-electron chi connectivity index (χ2n) is 5.54. The van der Waals surface area contributed by atoms with Gasteiger partial charge in [0.15, 0.2) is 5.11 Å². The van der Waals surface area contributed by atoms with E-state index in [0.717, 1.165) is 5.56 Å². The second-order valence-corrected chi connectivity index (χ2v) is 6.36. The Morgan fingerprint density at radius 3 is 2.42 bits per heavy atom. The maximum atomic E-state index is 12.2. The standard InChI is InChI=1S/C19H18ClN3O2S/c1-23(2)18(25)14-8-4-6-10-16(14)21-19(26)22-17(24)12-11-13-7-3-5-9-15(13)20/h3-12H,1-2H3,(H2,21,22,24,26). The van der Waals surface area contributed by atoms with E-state index in [2.05, 4.69) is 10.6 Å². The highest BCUT2D eigenvalue weighted by Gasteiger charge is 2.13. The molecule has 0 bridgehead atoms. The number of nitrogens with zero attached hydrogens (tertiary/aromatic N) is 1. The van der Waals surface area contributed by atoms with Crippen molar-refractivity contribution in [2.24, 2.45) is 0 Å². The molecule has 2 N–H and O–H groups in total. The van der Waals surface area contributed by atoms with E-state index >= 15 is 0 Å². The summed E-state index contributed by atoms with van der Waals surface area (Å²) in [6.07, 6.45) is 2.94. The molecule has 0 heterocycles. The van der Waals surface area contributed by atoms with Crippen LogP contribution in [-0.2, 0) is 4.79 Å². The Balaban J connectivity index is 2.02. The van der Waals surface area contributed by atoms with Crippen molar-refractivity contribution < 1.29 is 9.59 Å². The molecule has 2 amide bonds. The summed E-state index contributed by atoms with van der Waals surface area (Å²) in [7, 11) is 3.33. The van der Waals surface area contributed by atoms with Gasteiger partial charge in [0.2, 0.25) is 5.91 Å². The Hall–Kier alpha value is -2.70. The number of carbonyl (C=O) groups is 2. The third-order valence-corrected chi connectivity index (χ3v) is 3.92. The van der Waals surface area contributed by atoms with Gasteiger partial charge in [0.05, 0.1) is 11.3 Å². The van der Waals surface area contributed by atoms with E-state index in [-0.39, 0.29) is 11.0 Å². The third kappa shape index (κ3) is 5.40. The van der Waals surface area contributed by atoms with Crippen LogP contribution >= 0.6 is 23.8 Å². The first-order valence-electron chi connectivity index (χ1n) is 7.73. The lowest BCUT2D eigenvalue weighted by Crippen LogP contribution is -2.33. The number of halogens is 1. The van der Waals surface area contributed by atoms with Crippen molar-refractivity contribution in [1.29, 1.82) is 0 Å². The fourth-order valence-electron chi connectivity index (χ4n) is 2.10. The van der Waals surface area contributed by atoms with Crippen molar-refractivity contribution in [3.63, 3.8) is 0 Å². The summed E-state index contributed by atoms with van der Waals surface area (Å²) < 4.78 is 0. The van der Waals surface area contributed by atoms with E-state index in [1.165, 1.54) is 11.0 Å². The third-order valence-electron chi connectivity index (χ3n) is 3.37. The monoisotopic (exact) mass is 387 g/mol. The molecule has 2 rings (SSSR count). The highest BCUT2D eigenvalue weighted by atomic mass is 35.5. The van der Waals surface area contributed by atoms with Crippen LogP contribution in [0.2, 0.25) is 5.02 Å². The smallest absolute Gasteiger partial charge is 0.255 e. The van der Waals surface area contributed by atoms with E-state index in [0.29, 0.717) is 16.3 Å². The maximum Gasteiger partial charge on any atom is 0.255 e. The number of thiocarbonyl (C=S) groups is 1. The van der Waals surface area contributed by atoms with Crippen molar-refractivity contribution >= 4 is 52.5 Å². The number of hydrogen-bond acceptors (Lipinski definition) is 3. The summed E-state index contributed by atoms with van der Waals surface area (Å²) >= 11 is 11.2. The van der Waals surface area contributed by atoms with Gasteiger partial charge in [-0.05, 0) is 42.1 Å². The Kier molecular flexibility index (Phi) is 6.89. The average molecular weight is 388 g/mol. The average Bonchev–Trinajstić information content (AvgIpc) is 2.60. The molecule has 0 aliphatic carbocycles. The molecule has 26 heavy (non-hydrogen) atoms. The molecular weight excluding hydrogens is 370 g/mol. The minimum Gasteiger partial charge on any atom is -0.345 e. The molecule has 7 heteroatoms. The second kappa shape index (κ2) is 9.12. The summed E-state index contributed by atoms with van der Waals surface area (Å²) in [6, 6.07) is 14.1. The predicted molar refractivity (Wildman–Crippen MR) is 109 cm³/mol. The molecule has 0 aromatic heterocycles. The molecule has 0 saturated carbocycles. The van der Waals surface area contributed by atoms with Gasteiger partial charge < -0.3 is 10.2 Å². The van der Waals surface area contributed by atoms with Gasteiger partial charge in [0.25, 0.3) is 5.91 Å². The predicted octanol–water partition coefficient (Wildman–Crippen LogP) is 3.57. The quantitative estimate of drug-likeness (QED) is 0.622. The van der Waals surface area contributed by atoms with Gasteiger partial charge in [-0.15, -0.1) is 0 Å². The summed E-state index contributed by atoms with van der Waals surface area (Å²) in [5.41, 5.74) is 1.71. The molecule has 5 nitrogen and oxygen atoms in total. The highest BCUT2D eigenvalue weighted by molar-refractivity contribution is 7.80. The molecule has 2 aromatic carbocycles. The van der Waals surface area contributed by atoms with Crippen LogP contribution in [0.4, 0.5) is 5.69 Å². The normalized spacial score (nSPS) is 10.4. The number of hydrogen-bond donors (Lipinski definition) is 2. The van der Waals surface area contributed by atoms with Gasteiger partial charge in [-0.3, -0.25) is 14.9 Å². The van der Waals surface area contributed by atoms with Crippen LogP contribution in [0.25, 0.3) is 6.08 Å². The molecule has 0 radical (unpaired) electrons.